The van der Waals surface area contributed by atoms with E-state index in [0.717, 1.165) is 13.0 Å². The Labute approximate surface area is 70.7 Å². The largest absolute Gasteiger partial charge is 0.291 e. The molecule has 68 valence electrons. The van der Waals surface area contributed by atoms with Crippen LogP contribution in [0.3, 0.4) is 0 Å². The van der Waals surface area contributed by atoms with Crippen molar-refractivity contribution in [2.75, 3.05) is 13.1 Å². The first-order valence-electron chi connectivity index (χ1n) is 4.69. The van der Waals surface area contributed by atoms with Gasteiger partial charge in [-0.2, -0.15) is 0 Å². The van der Waals surface area contributed by atoms with Crippen LogP contribution in [-0.2, 0) is 0 Å². The van der Waals surface area contributed by atoms with Gasteiger partial charge in [0.25, 0.3) is 5.92 Å². The lowest BCUT2D eigenvalue weighted by Crippen LogP contribution is -2.30. The molecule has 0 N–H and O–H groups in total. The summed E-state index contributed by atoms with van der Waals surface area (Å²) in [7, 11) is 0. The van der Waals surface area contributed by atoms with Gasteiger partial charge < -0.3 is 0 Å². The summed E-state index contributed by atoms with van der Waals surface area (Å²) in [6, 6.07) is 0. The molecule has 12 heavy (non-hydrogen) atoms. The van der Waals surface area contributed by atoms with Crippen molar-refractivity contribution in [3.8, 4) is 0 Å². The Kier molecular flexibility index (Phi) is 1.02. The van der Waals surface area contributed by atoms with Crippen LogP contribution in [0.4, 0.5) is 8.78 Å². The summed E-state index contributed by atoms with van der Waals surface area (Å²) < 4.78 is 26.1. The second-order valence-electron chi connectivity index (χ2n) is 4.63. The number of nitrogens with zero attached hydrogens (tertiary/aromatic N) is 1. The average molecular weight is 173 g/mol. The summed E-state index contributed by atoms with van der Waals surface area (Å²) in [6.45, 7) is 3.05. The van der Waals surface area contributed by atoms with Crippen LogP contribution in [0.1, 0.15) is 19.8 Å². The molecule has 3 heteroatoms. The van der Waals surface area contributed by atoms with Crippen LogP contribution >= 0.6 is 0 Å². The summed E-state index contributed by atoms with van der Waals surface area (Å²) in [4.78, 5) is 2.03. The molecule has 2 heterocycles. The third-order valence-electron chi connectivity index (χ3n) is 4.19. The van der Waals surface area contributed by atoms with Crippen LogP contribution in [0.25, 0.3) is 0 Å². The van der Waals surface area contributed by atoms with Crippen LogP contribution in [-0.4, -0.2) is 29.5 Å². The molecular formula is C9H13F2N. The molecule has 0 amide bonds. The first kappa shape index (κ1) is 7.25. The molecule has 1 saturated carbocycles. The van der Waals surface area contributed by atoms with Crippen molar-refractivity contribution in [3.63, 3.8) is 0 Å². The van der Waals surface area contributed by atoms with Gasteiger partial charge in [-0.25, -0.2) is 8.78 Å². The summed E-state index contributed by atoms with van der Waals surface area (Å²) in [6.07, 6.45) is 1.28. The van der Waals surface area contributed by atoms with Gasteiger partial charge in [-0.05, 0) is 24.8 Å². The van der Waals surface area contributed by atoms with E-state index in [1.807, 2.05) is 4.90 Å². The number of rotatable bonds is 0. The SMILES string of the molecule is CC1C2CCN3CC(F)(F)CC123. The van der Waals surface area contributed by atoms with Crippen molar-refractivity contribution < 1.29 is 8.78 Å². The topological polar surface area (TPSA) is 3.24 Å². The van der Waals surface area contributed by atoms with Gasteiger partial charge in [0.15, 0.2) is 0 Å². The molecule has 2 saturated heterocycles. The Bertz CT molecular complexity index is 241. The van der Waals surface area contributed by atoms with E-state index in [2.05, 4.69) is 6.92 Å². The zero-order chi connectivity index (χ0) is 8.56. The van der Waals surface area contributed by atoms with E-state index in [9.17, 15) is 8.78 Å². The first-order chi connectivity index (χ1) is 5.56. The van der Waals surface area contributed by atoms with Crippen molar-refractivity contribution in [1.29, 1.82) is 0 Å². The number of hydrogen-bond donors (Lipinski definition) is 0. The van der Waals surface area contributed by atoms with Crippen LogP contribution in [0.2, 0.25) is 0 Å². The molecule has 1 spiro atoms. The molecule has 3 aliphatic rings. The fourth-order valence-electron chi connectivity index (χ4n) is 3.61. The molecule has 3 unspecified atom stereocenters. The highest BCUT2D eigenvalue weighted by molar-refractivity contribution is 5.25. The Balaban J connectivity index is 1.94. The van der Waals surface area contributed by atoms with Crippen molar-refractivity contribution in [2.24, 2.45) is 11.8 Å². The zero-order valence-electron chi connectivity index (χ0n) is 7.19. The van der Waals surface area contributed by atoms with Crippen molar-refractivity contribution in [1.82, 2.24) is 4.90 Å². The predicted octanol–water partition coefficient (Wildman–Crippen LogP) is 1.74. The fraction of sp³-hybridized carbons (Fsp3) is 1.00. The number of alkyl halides is 2. The highest BCUT2D eigenvalue weighted by Gasteiger charge is 2.74. The van der Waals surface area contributed by atoms with Gasteiger partial charge in [-0.1, -0.05) is 6.92 Å². The van der Waals surface area contributed by atoms with E-state index in [1.165, 1.54) is 0 Å². The molecule has 2 aliphatic heterocycles. The van der Waals surface area contributed by atoms with Crippen LogP contribution < -0.4 is 0 Å². The summed E-state index contributed by atoms with van der Waals surface area (Å²) in [5.74, 6) is -1.28. The number of halogens is 2. The third kappa shape index (κ3) is 0.595. The molecule has 0 radical (unpaired) electrons. The molecule has 3 atom stereocenters. The normalized spacial score (nSPS) is 55.2. The van der Waals surface area contributed by atoms with Crippen LogP contribution in [0, 0.1) is 11.8 Å². The van der Waals surface area contributed by atoms with Gasteiger partial charge in [0, 0.05) is 12.0 Å². The fourth-order valence-corrected chi connectivity index (χ4v) is 3.61. The lowest BCUT2D eigenvalue weighted by atomic mass is 10.1. The molecule has 3 rings (SSSR count). The lowest BCUT2D eigenvalue weighted by molar-refractivity contribution is 0.0109. The number of piperidine rings is 1. The monoisotopic (exact) mass is 173 g/mol. The molecule has 3 fully saturated rings. The highest BCUT2D eigenvalue weighted by atomic mass is 19.3. The second kappa shape index (κ2) is 1.69. The van der Waals surface area contributed by atoms with E-state index in [1.54, 1.807) is 0 Å². The lowest BCUT2D eigenvalue weighted by Gasteiger charge is -2.18. The number of hydrogen-bond acceptors (Lipinski definition) is 1. The van der Waals surface area contributed by atoms with Gasteiger partial charge in [0.05, 0.1) is 6.54 Å². The van der Waals surface area contributed by atoms with Crippen LogP contribution in [0.5, 0.6) is 0 Å². The van der Waals surface area contributed by atoms with E-state index < -0.39 is 5.92 Å². The van der Waals surface area contributed by atoms with Gasteiger partial charge in [-0.15, -0.1) is 0 Å². The average Bonchev–Trinajstić information content (AvgIpc) is 2.33. The molecule has 0 aromatic carbocycles. The van der Waals surface area contributed by atoms with Gasteiger partial charge in [0.1, 0.15) is 0 Å². The molecule has 0 aromatic heterocycles. The minimum Gasteiger partial charge on any atom is -0.291 e. The summed E-state index contributed by atoms with van der Waals surface area (Å²) >= 11 is 0. The van der Waals surface area contributed by atoms with E-state index in [0.29, 0.717) is 11.8 Å². The van der Waals surface area contributed by atoms with E-state index in [-0.39, 0.29) is 18.5 Å². The van der Waals surface area contributed by atoms with Crippen molar-refractivity contribution in [2.45, 2.75) is 31.2 Å². The van der Waals surface area contributed by atoms with Crippen molar-refractivity contribution in [3.05, 3.63) is 0 Å². The first-order valence-corrected chi connectivity index (χ1v) is 4.69. The minimum atomic E-state index is -2.40. The summed E-state index contributed by atoms with van der Waals surface area (Å²) in [5.41, 5.74) is -0.0521. The Hall–Kier alpha value is -0.180. The Morgan fingerprint density at radius 3 is 2.75 bits per heavy atom. The summed E-state index contributed by atoms with van der Waals surface area (Å²) in [5, 5.41) is 0. The van der Waals surface area contributed by atoms with E-state index >= 15 is 0 Å². The molecular weight excluding hydrogens is 160 g/mol. The molecule has 1 aliphatic carbocycles. The van der Waals surface area contributed by atoms with Crippen molar-refractivity contribution >= 4 is 0 Å². The smallest absolute Gasteiger partial charge is 0.262 e. The van der Waals surface area contributed by atoms with Crippen LogP contribution in [0.15, 0.2) is 0 Å². The zero-order valence-corrected chi connectivity index (χ0v) is 7.19. The predicted molar refractivity (Wildman–Crippen MR) is 41.1 cm³/mol. The quantitative estimate of drug-likeness (QED) is 0.539. The van der Waals surface area contributed by atoms with Gasteiger partial charge in [0.2, 0.25) is 0 Å². The molecule has 0 bridgehead atoms. The second-order valence-corrected chi connectivity index (χ2v) is 4.63. The standard InChI is InChI=1S/C9H13F2N/c1-6-7-2-3-12-5-8(10,11)4-9(6,7)12/h6-7H,2-5H2,1H3. The maximum absolute atomic E-state index is 13.1. The van der Waals surface area contributed by atoms with E-state index in [4.69, 9.17) is 0 Å². The van der Waals surface area contributed by atoms with Gasteiger partial charge in [-0.3, -0.25) is 4.90 Å². The maximum atomic E-state index is 13.1. The third-order valence-corrected chi connectivity index (χ3v) is 4.19. The Morgan fingerprint density at radius 2 is 2.17 bits per heavy atom. The Morgan fingerprint density at radius 1 is 1.42 bits per heavy atom. The van der Waals surface area contributed by atoms with Gasteiger partial charge >= 0.3 is 0 Å². The maximum Gasteiger partial charge on any atom is 0.262 e. The highest BCUT2D eigenvalue weighted by Crippen LogP contribution is 2.67. The minimum absolute atomic E-state index is 0.0217. The molecule has 0 aromatic rings. The molecule has 1 nitrogen and oxygen atoms in total.